The van der Waals surface area contributed by atoms with Crippen LogP contribution in [0.5, 0.6) is 0 Å². The number of benzene rings is 2. The minimum atomic E-state index is -0.221. The summed E-state index contributed by atoms with van der Waals surface area (Å²) >= 11 is 0. The Hall–Kier alpha value is -3.30. The van der Waals surface area contributed by atoms with Gasteiger partial charge in [0.25, 0.3) is 0 Å². The highest BCUT2D eigenvalue weighted by Crippen LogP contribution is 2.40. The molecule has 0 saturated carbocycles. The summed E-state index contributed by atoms with van der Waals surface area (Å²) in [6, 6.07) is 24.4. The molecule has 2 aromatic carbocycles. The average molecular weight is 325 g/mol. The molecule has 3 rings (SSSR count). The van der Waals surface area contributed by atoms with Crippen molar-refractivity contribution in [2.75, 3.05) is 0 Å². The number of rotatable bonds is 3. The molecule has 0 aliphatic carbocycles. The molecule has 0 atom stereocenters. The lowest BCUT2D eigenvalue weighted by molar-refractivity contribution is 0.517. The predicted molar refractivity (Wildman–Crippen MR) is 99.4 cm³/mol. The molecule has 122 valence electrons. The Bertz CT molecular complexity index is 834. The largest absolute Gasteiger partial charge is 0.353 e. The highest BCUT2D eigenvalue weighted by molar-refractivity contribution is 5.87. The summed E-state index contributed by atoms with van der Waals surface area (Å²) < 4.78 is 0. The van der Waals surface area contributed by atoms with E-state index in [1.807, 2.05) is 60.7 Å². The molecule has 3 nitrogen and oxygen atoms in total. The molecule has 1 aliphatic rings. The third kappa shape index (κ3) is 3.05. The van der Waals surface area contributed by atoms with Crippen LogP contribution < -0.4 is 5.32 Å². The first-order valence-corrected chi connectivity index (χ1v) is 8.33. The van der Waals surface area contributed by atoms with Gasteiger partial charge in [-0.3, -0.25) is 0 Å². The van der Waals surface area contributed by atoms with Crippen molar-refractivity contribution in [1.82, 2.24) is 5.32 Å². The van der Waals surface area contributed by atoms with Crippen LogP contribution in [-0.4, -0.2) is 0 Å². The van der Waals surface area contributed by atoms with Gasteiger partial charge in [-0.2, -0.15) is 10.5 Å². The Morgan fingerprint density at radius 3 is 1.48 bits per heavy atom. The predicted octanol–water partition coefficient (Wildman–Crippen LogP) is 4.73. The van der Waals surface area contributed by atoms with Crippen LogP contribution in [0.15, 0.2) is 71.8 Å². The lowest BCUT2D eigenvalue weighted by Crippen LogP contribution is -2.28. The monoisotopic (exact) mass is 325 g/mol. The van der Waals surface area contributed by atoms with E-state index in [1.165, 1.54) is 0 Å². The number of nitriles is 2. The third-order valence-corrected chi connectivity index (χ3v) is 4.44. The van der Waals surface area contributed by atoms with E-state index in [9.17, 15) is 10.5 Å². The van der Waals surface area contributed by atoms with E-state index >= 15 is 0 Å². The van der Waals surface area contributed by atoms with E-state index < -0.39 is 0 Å². The number of dihydropyridines is 1. The van der Waals surface area contributed by atoms with Crippen molar-refractivity contribution < 1.29 is 0 Å². The summed E-state index contributed by atoms with van der Waals surface area (Å²) in [5, 5.41) is 23.1. The van der Waals surface area contributed by atoms with Crippen molar-refractivity contribution in [1.29, 1.82) is 10.5 Å². The van der Waals surface area contributed by atoms with Crippen molar-refractivity contribution in [3.8, 4) is 12.1 Å². The first-order valence-electron chi connectivity index (χ1n) is 8.33. The third-order valence-electron chi connectivity index (χ3n) is 4.44. The van der Waals surface area contributed by atoms with Crippen LogP contribution in [0.25, 0.3) is 11.4 Å². The van der Waals surface area contributed by atoms with Gasteiger partial charge in [-0.05, 0) is 17.0 Å². The van der Waals surface area contributed by atoms with Gasteiger partial charge in [0.2, 0.25) is 0 Å². The van der Waals surface area contributed by atoms with Crippen molar-refractivity contribution in [3.05, 3.63) is 82.9 Å². The molecule has 1 aliphatic heterocycles. The van der Waals surface area contributed by atoms with Gasteiger partial charge >= 0.3 is 0 Å². The van der Waals surface area contributed by atoms with E-state index in [1.54, 1.807) is 0 Å². The summed E-state index contributed by atoms with van der Waals surface area (Å²) in [6.45, 7) is 4.10. The van der Waals surface area contributed by atoms with E-state index in [-0.39, 0.29) is 11.8 Å². The summed E-state index contributed by atoms with van der Waals surface area (Å²) in [5.41, 5.74) is 4.74. The van der Waals surface area contributed by atoms with Crippen LogP contribution in [0, 0.1) is 34.5 Å². The molecule has 0 unspecified atom stereocenters. The zero-order chi connectivity index (χ0) is 17.8. The second-order valence-corrected chi connectivity index (χ2v) is 6.38. The van der Waals surface area contributed by atoms with Gasteiger partial charge in [-0.1, -0.05) is 74.5 Å². The molecule has 0 fully saturated rings. The van der Waals surface area contributed by atoms with Gasteiger partial charge < -0.3 is 5.32 Å². The highest BCUT2D eigenvalue weighted by atomic mass is 14.9. The van der Waals surface area contributed by atoms with Crippen LogP contribution in [0.1, 0.15) is 25.0 Å². The zero-order valence-corrected chi connectivity index (χ0v) is 14.3. The zero-order valence-electron chi connectivity index (χ0n) is 14.3. The van der Waals surface area contributed by atoms with E-state index in [0.717, 1.165) is 22.5 Å². The van der Waals surface area contributed by atoms with Gasteiger partial charge in [0.05, 0.1) is 34.7 Å². The smallest absolute Gasteiger partial charge is 0.0976 e. The average Bonchev–Trinajstić information content (AvgIpc) is 2.67. The maximum atomic E-state index is 9.83. The molecule has 3 heteroatoms. The fraction of sp³-hybridized carbons (Fsp3) is 0.182. The topological polar surface area (TPSA) is 59.6 Å². The molecule has 0 spiro atoms. The summed E-state index contributed by atoms with van der Waals surface area (Å²) in [6.07, 6.45) is 0. The van der Waals surface area contributed by atoms with Gasteiger partial charge in [0.15, 0.2) is 0 Å². The molecule has 0 aromatic heterocycles. The van der Waals surface area contributed by atoms with Crippen LogP contribution >= 0.6 is 0 Å². The van der Waals surface area contributed by atoms with Crippen molar-refractivity contribution in [3.63, 3.8) is 0 Å². The number of nitrogens with zero attached hydrogens (tertiary/aromatic N) is 2. The van der Waals surface area contributed by atoms with Gasteiger partial charge in [0.1, 0.15) is 0 Å². The highest BCUT2D eigenvalue weighted by Gasteiger charge is 2.33. The standard InChI is InChI=1S/C22H19N3/c1-15(2)20-18(13-23)21(16-9-5-3-6-10-16)25-22(19(20)14-24)17-11-7-4-8-12-17/h3-12,15,20,25H,1-2H3. The SMILES string of the molecule is CC(C)C1C(C#N)=C(c2ccccc2)NC(c2ccccc2)=C1C#N. The molecule has 0 bridgehead atoms. The summed E-state index contributed by atoms with van der Waals surface area (Å²) in [5.74, 6) is -0.0783. The fourth-order valence-corrected chi connectivity index (χ4v) is 3.30. The molecule has 2 aromatic rings. The minimum absolute atomic E-state index is 0.142. The van der Waals surface area contributed by atoms with Crippen molar-refractivity contribution in [2.45, 2.75) is 13.8 Å². The Morgan fingerprint density at radius 2 is 1.16 bits per heavy atom. The van der Waals surface area contributed by atoms with E-state index in [4.69, 9.17) is 0 Å². The first kappa shape index (κ1) is 16.6. The lowest BCUT2D eigenvalue weighted by Gasteiger charge is -2.31. The molecule has 25 heavy (non-hydrogen) atoms. The first-order chi connectivity index (χ1) is 12.2. The van der Waals surface area contributed by atoms with Crippen LogP contribution in [0.2, 0.25) is 0 Å². The molecule has 1 heterocycles. The second kappa shape index (κ2) is 7.07. The second-order valence-electron chi connectivity index (χ2n) is 6.38. The Morgan fingerprint density at radius 1 is 0.760 bits per heavy atom. The van der Waals surface area contributed by atoms with Crippen LogP contribution in [0.4, 0.5) is 0 Å². The molecule has 0 amide bonds. The van der Waals surface area contributed by atoms with E-state index in [2.05, 4.69) is 31.3 Å². The van der Waals surface area contributed by atoms with Crippen LogP contribution in [-0.2, 0) is 0 Å². The fourth-order valence-electron chi connectivity index (χ4n) is 3.30. The quantitative estimate of drug-likeness (QED) is 0.887. The maximum Gasteiger partial charge on any atom is 0.0976 e. The van der Waals surface area contributed by atoms with Crippen molar-refractivity contribution in [2.24, 2.45) is 11.8 Å². The molecular formula is C22H19N3. The molecule has 0 radical (unpaired) electrons. The molecular weight excluding hydrogens is 306 g/mol. The Balaban J connectivity index is 2.24. The van der Waals surface area contributed by atoms with Gasteiger partial charge in [-0.15, -0.1) is 0 Å². The van der Waals surface area contributed by atoms with Crippen molar-refractivity contribution >= 4 is 11.4 Å². The normalized spacial score (nSPS) is 14.9. The lowest BCUT2D eigenvalue weighted by atomic mass is 9.77. The Labute approximate surface area is 148 Å². The van der Waals surface area contributed by atoms with Gasteiger partial charge in [0, 0.05) is 5.92 Å². The van der Waals surface area contributed by atoms with Gasteiger partial charge in [-0.25, -0.2) is 0 Å². The van der Waals surface area contributed by atoms with Crippen LogP contribution in [0.3, 0.4) is 0 Å². The number of hydrogen-bond acceptors (Lipinski definition) is 3. The molecule has 0 saturated heterocycles. The minimum Gasteiger partial charge on any atom is -0.353 e. The number of hydrogen-bond donors (Lipinski definition) is 1. The summed E-state index contributed by atoms with van der Waals surface area (Å²) in [4.78, 5) is 0. The Kier molecular flexibility index (Phi) is 4.68. The summed E-state index contributed by atoms with van der Waals surface area (Å²) in [7, 11) is 0. The molecule has 1 N–H and O–H groups in total. The maximum absolute atomic E-state index is 9.83. The number of allylic oxidation sites excluding steroid dienone is 2. The number of nitrogens with one attached hydrogen (secondary N) is 1. The van der Waals surface area contributed by atoms with E-state index in [0.29, 0.717) is 11.1 Å².